The molecule has 0 aliphatic rings. The van der Waals surface area contributed by atoms with Gasteiger partial charge in [0.05, 0.1) is 13.2 Å². The molecule has 0 saturated carbocycles. The summed E-state index contributed by atoms with van der Waals surface area (Å²) in [7, 11) is 1.62. The highest BCUT2D eigenvalue weighted by atomic mass is 16.5. The van der Waals surface area contributed by atoms with Crippen molar-refractivity contribution in [1.82, 2.24) is 10.6 Å². The molecule has 3 amide bonds. The number of urea groups is 1. The van der Waals surface area contributed by atoms with Gasteiger partial charge in [0.2, 0.25) is 0 Å². The number of amides is 3. The van der Waals surface area contributed by atoms with Crippen molar-refractivity contribution in [1.29, 1.82) is 0 Å². The zero-order valence-corrected chi connectivity index (χ0v) is 14.4. The van der Waals surface area contributed by atoms with Crippen LogP contribution in [0.5, 0.6) is 5.75 Å². The van der Waals surface area contributed by atoms with Crippen molar-refractivity contribution in [3.8, 4) is 5.75 Å². The number of nitrogens with two attached hydrogens (primary N) is 1. The van der Waals surface area contributed by atoms with Crippen LogP contribution >= 0.6 is 0 Å². The van der Waals surface area contributed by atoms with Gasteiger partial charge < -0.3 is 21.1 Å². The van der Waals surface area contributed by atoms with Crippen LogP contribution in [0, 0.1) is 0 Å². The molecule has 2 aromatic carbocycles. The maximum Gasteiger partial charge on any atom is 0.312 e. The van der Waals surface area contributed by atoms with Gasteiger partial charge in [0, 0.05) is 12.1 Å². The smallest absolute Gasteiger partial charge is 0.312 e. The molecule has 25 heavy (non-hydrogen) atoms. The summed E-state index contributed by atoms with van der Waals surface area (Å²) in [6, 6.07) is 14.1. The molecule has 0 aliphatic heterocycles. The fourth-order valence-corrected chi connectivity index (χ4v) is 2.46. The highest BCUT2D eigenvalue weighted by molar-refractivity contribution is 5.94. The lowest BCUT2D eigenvalue weighted by molar-refractivity contribution is 0.0935. The van der Waals surface area contributed by atoms with Crippen LogP contribution in [0.2, 0.25) is 0 Å². The van der Waals surface area contributed by atoms with Gasteiger partial charge in [-0.3, -0.25) is 4.79 Å². The van der Waals surface area contributed by atoms with E-state index >= 15 is 0 Å². The molecule has 1 atom stereocenters. The van der Waals surface area contributed by atoms with E-state index in [9.17, 15) is 9.59 Å². The van der Waals surface area contributed by atoms with Crippen molar-refractivity contribution >= 4 is 11.9 Å². The molecule has 2 aromatic rings. The summed E-state index contributed by atoms with van der Waals surface area (Å²) < 4.78 is 5.16. The quantitative estimate of drug-likeness (QED) is 0.723. The molecule has 1 unspecified atom stereocenters. The second kappa shape index (κ2) is 8.73. The third-order valence-corrected chi connectivity index (χ3v) is 3.91. The second-order valence-electron chi connectivity index (χ2n) is 5.62. The van der Waals surface area contributed by atoms with Gasteiger partial charge in [-0.25, -0.2) is 4.79 Å². The molecule has 2 rings (SSSR count). The Labute approximate surface area is 147 Å². The Hall–Kier alpha value is -3.02. The van der Waals surface area contributed by atoms with Gasteiger partial charge >= 0.3 is 6.03 Å². The van der Waals surface area contributed by atoms with E-state index < -0.39 is 6.03 Å². The number of carbonyl (C=O) groups excluding carboxylic acids is 2. The van der Waals surface area contributed by atoms with Crippen molar-refractivity contribution < 1.29 is 14.3 Å². The van der Waals surface area contributed by atoms with Crippen LogP contribution in [0.1, 0.15) is 40.9 Å². The first-order valence-corrected chi connectivity index (χ1v) is 8.10. The lowest BCUT2D eigenvalue weighted by Gasteiger charge is -2.18. The van der Waals surface area contributed by atoms with E-state index in [2.05, 4.69) is 10.6 Å². The minimum Gasteiger partial charge on any atom is -0.497 e. The fraction of sp³-hybridized carbons (Fsp3) is 0.263. The van der Waals surface area contributed by atoms with E-state index in [4.69, 9.17) is 10.5 Å². The van der Waals surface area contributed by atoms with E-state index in [1.807, 2.05) is 31.2 Å². The summed E-state index contributed by atoms with van der Waals surface area (Å²) in [5.41, 5.74) is 7.50. The molecule has 0 aromatic heterocycles. The van der Waals surface area contributed by atoms with Gasteiger partial charge in [0.1, 0.15) is 5.75 Å². The molecule has 0 aliphatic carbocycles. The molecule has 6 nitrogen and oxygen atoms in total. The first-order valence-electron chi connectivity index (χ1n) is 8.10. The third-order valence-electron chi connectivity index (χ3n) is 3.91. The number of hydrogen-bond acceptors (Lipinski definition) is 3. The number of nitrogens with one attached hydrogen (secondary N) is 2. The van der Waals surface area contributed by atoms with E-state index in [1.165, 1.54) is 0 Å². The summed E-state index contributed by atoms with van der Waals surface area (Å²) in [6.45, 7) is 2.36. The topological polar surface area (TPSA) is 93.5 Å². The maximum atomic E-state index is 12.5. The molecular weight excluding hydrogens is 318 g/mol. The molecular formula is C19H23N3O3. The number of rotatable bonds is 7. The number of ether oxygens (including phenoxy) is 1. The Morgan fingerprint density at radius 3 is 2.24 bits per heavy atom. The average Bonchev–Trinajstić information content (AvgIpc) is 2.64. The number of methoxy groups -OCH3 is 1. The zero-order valence-electron chi connectivity index (χ0n) is 14.4. The SMILES string of the molecule is CCC(NC(=O)c1ccc(CNC(N)=O)cc1)c1ccc(OC)cc1. The number of benzene rings is 2. The van der Waals surface area contributed by atoms with Gasteiger partial charge in [-0.2, -0.15) is 0 Å². The van der Waals surface area contributed by atoms with E-state index in [1.54, 1.807) is 31.4 Å². The Kier molecular flexibility index (Phi) is 6.39. The molecule has 0 bridgehead atoms. The molecule has 0 saturated heterocycles. The number of carbonyl (C=O) groups is 2. The number of primary amides is 1. The Morgan fingerprint density at radius 2 is 1.72 bits per heavy atom. The largest absolute Gasteiger partial charge is 0.497 e. The lowest BCUT2D eigenvalue weighted by Crippen LogP contribution is -2.29. The number of hydrogen-bond donors (Lipinski definition) is 3. The van der Waals surface area contributed by atoms with Gasteiger partial charge in [0.25, 0.3) is 5.91 Å². The van der Waals surface area contributed by atoms with Gasteiger partial charge in [-0.15, -0.1) is 0 Å². The van der Waals surface area contributed by atoms with Crippen LogP contribution in [0.15, 0.2) is 48.5 Å². The van der Waals surface area contributed by atoms with Crippen molar-refractivity contribution in [2.45, 2.75) is 25.9 Å². The summed E-state index contributed by atoms with van der Waals surface area (Å²) in [5.74, 6) is 0.641. The van der Waals surface area contributed by atoms with Crippen LogP contribution in [0.3, 0.4) is 0 Å². The predicted octanol–water partition coefficient (Wildman–Crippen LogP) is 2.74. The minimum absolute atomic E-state index is 0.0744. The van der Waals surface area contributed by atoms with E-state index in [-0.39, 0.29) is 11.9 Å². The maximum absolute atomic E-state index is 12.5. The molecule has 0 fully saturated rings. The van der Waals surface area contributed by atoms with Crippen molar-refractivity contribution in [2.75, 3.05) is 7.11 Å². The first-order chi connectivity index (χ1) is 12.0. The van der Waals surface area contributed by atoms with Gasteiger partial charge in [-0.05, 0) is 41.8 Å². The Balaban J connectivity index is 2.02. The molecule has 0 heterocycles. The average molecular weight is 341 g/mol. The van der Waals surface area contributed by atoms with Crippen LogP contribution in [-0.2, 0) is 6.54 Å². The molecule has 0 spiro atoms. The molecule has 132 valence electrons. The van der Waals surface area contributed by atoms with E-state index in [0.717, 1.165) is 23.3 Å². The van der Waals surface area contributed by atoms with Crippen LogP contribution < -0.4 is 21.1 Å². The standard InChI is InChI=1S/C19H23N3O3/c1-3-17(14-8-10-16(25-2)11-9-14)22-18(23)15-6-4-13(5-7-15)12-21-19(20)24/h4-11,17H,3,12H2,1-2H3,(H,22,23)(H3,20,21,24). The van der Waals surface area contributed by atoms with Crippen molar-refractivity contribution in [3.63, 3.8) is 0 Å². The lowest BCUT2D eigenvalue weighted by atomic mass is 10.0. The van der Waals surface area contributed by atoms with Crippen molar-refractivity contribution in [3.05, 3.63) is 65.2 Å². The Morgan fingerprint density at radius 1 is 1.08 bits per heavy atom. The first kappa shape index (κ1) is 18.3. The predicted molar refractivity (Wildman–Crippen MR) is 96.4 cm³/mol. The summed E-state index contributed by atoms with van der Waals surface area (Å²) in [6.07, 6.45) is 0.776. The molecule has 6 heteroatoms. The van der Waals surface area contributed by atoms with Crippen molar-refractivity contribution in [2.24, 2.45) is 5.73 Å². The van der Waals surface area contributed by atoms with Crippen LogP contribution in [0.4, 0.5) is 4.79 Å². The zero-order chi connectivity index (χ0) is 18.2. The summed E-state index contributed by atoms with van der Waals surface area (Å²) in [4.78, 5) is 23.2. The Bertz CT molecular complexity index is 712. The highest BCUT2D eigenvalue weighted by Crippen LogP contribution is 2.20. The second-order valence-corrected chi connectivity index (χ2v) is 5.62. The summed E-state index contributed by atoms with van der Waals surface area (Å²) >= 11 is 0. The van der Waals surface area contributed by atoms with Gasteiger partial charge in [0.15, 0.2) is 0 Å². The third kappa shape index (κ3) is 5.24. The summed E-state index contributed by atoms with van der Waals surface area (Å²) in [5, 5.41) is 5.55. The minimum atomic E-state index is -0.577. The monoisotopic (exact) mass is 341 g/mol. The highest BCUT2D eigenvalue weighted by Gasteiger charge is 2.14. The molecule has 4 N–H and O–H groups in total. The van der Waals surface area contributed by atoms with Crippen LogP contribution in [-0.4, -0.2) is 19.0 Å². The molecule has 0 radical (unpaired) electrons. The fourth-order valence-electron chi connectivity index (χ4n) is 2.46. The van der Waals surface area contributed by atoms with Gasteiger partial charge in [-0.1, -0.05) is 31.2 Å². The van der Waals surface area contributed by atoms with Crippen LogP contribution in [0.25, 0.3) is 0 Å². The normalized spacial score (nSPS) is 11.4. The van der Waals surface area contributed by atoms with E-state index in [0.29, 0.717) is 12.1 Å².